The van der Waals surface area contributed by atoms with Gasteiger partial charge in [-0.25, -0.2) is 0 Å². The van der Waals surface area contributed by atoms with E-state index < -0.39 is 11.7 Å². The van der Waals surface area contributed by atoms with Gasteiger partial charge in [0.1, 0.15) is 17.2 Å². The maximum absolute atomic E-state index is 12.4. The van der Waals surface area contributed by atoms with E-state index in [1.807, 2.05) is 0 Å². The molecule has 0 atom stereocenters. The lowest BCUT2D eigenvalue weighted by atomic mass is 10.2. The molecule has 2 N–H and O–H groups in total. The van der Waals surface area contributed by atoms with Crippen LogP contribution in [0.15, 0.2) is 42.5 Å². The lowest BCUT2D eigenvalue weighted by molar-refractivity contribution is -0.137. The summed E-state index contributed by atoms with van der Waals surface area (Å²) in [5.74, 6) is 1.02. The highest BCUT2D eigenvalue weighted by atomic mass is 19.4. The summed E-state index contributed by atoms with van der Waals surface area (Å²) in [6, 6.07) is 9.32. The van der Waals surface area contributed by atoms with Crippen molar-refractivity contribution in [2.24, 2.45) is 0 Å². The van der Waals surface area contributed by atoms with Crippen LogP contribution in [-0.4, -0.2) is 7.11 Å². The Kier molecular flexibility index (Phi) is 3.74. The summed E-state index contributed by atoms with van der Waals surface area (Å²) in [6.45, 7) is 0. The number of para-hydroxylation sites is 1. The molecule has 20 heavy (non-hydrogen) atoms. The van der Waals surface area contributed by atoms with Gasteiger partial charge in [0.2, 0.25) is 0 Å². The zero-order valence-electron chi connectivity index (χ0n) is 10.6. The molecule has 2 aromatic carbocycles. The Morgan fingerprint density at radius 2 is 1.55 bits per heavy atom. The number of hydrogen-bond donors (Lipinski definition) is 1. The molecule has 0 bridgehead atoms. The van der Waals surface area contributed by atoms with Crippen molar-refractivity contribution in [2.45, 2.75) is 6.18 Å². The third-order valence-electron chi connectivity index (χ3n) is 2.66. The second-order valence-corrected chi connectivity index (χ2v) is 4.00. The molecule has 0 spiro atoms. The minimum atomic E-state index is -4.37. The molecule has 106 valence electrons. The van der Waals surface area contributed by atoms with E-state index in [4.69, 9.17) is 15.2 Å². The summed E-state index contributed by atoms with van der Waals surface area (Å²) >= 11 is 0. The normalized spacial score (nSPS) is 11.2. The molecular formula is C14H12F3NO2. The van der Waals surface area contributed by atoms with Crippen LogP contribution < -0.4 is 15.2 Å². The standard InChI is InChI=1S/C14H12F3NO2/c1-19-11-3-2-4-12(13(11)18)20-10-7-5-9(6-8-10)14(15,16)17/h2-8H,18H2,1H3. The molecule has 0 radical (unpaired) electrons. The quantitative estimate of drug-likeness (QED) is 0.863. The molecular weight excluding hydrogens is 271 g/mol. The van der Waals surface area contributed by atoms with Gasteiger partial charge in [-0.2, -0.15) is 13.2 Å². The first kappa shape index (κ1) is 14.0. The number of rotatable bonds is 3. The molecule has 2 rings (SSSR count). The van der Waals surface area contributed by atoms with Crippen molar-refractivity contribution < 1.29 is 22.6 Å². The SMILES string of the molecule is COc1cccc(Oc2ccc(C(F)(F)F)cc2)c1N. The van der Waals surface area contributed by atoms with Gasteiger partial charge in [-0.1, -0.05) is 6.07 Å². The van der Waals surface area contributed by atoms with Crippen molar-refractivity contribution >= 4 is 5.69 Å². The van der Waals surface area contributed by atoms with Gasteiger partial charge in [0.25, 0.3) is 0 Å². The summed E-state index contributed by atoms with van der Waals surface area (Å²) in [4.78, 5) is 0. The molecule has 0 aliphatic carbocycles. The fourth-order valence-electron chi connectivity index (χ4n) is 1.63. The first-order valence-electron chi connectivity index (χ1n) is 5.69. The van der Waals surface area contributed by atoms with E-state index in [-0.39, 0.29) is 11.4 Å². The Hall–Kier alpha value is -2.37. The van der Waals surface area contributed by atoms with Crippen molar-refractivity contribution in [1.29, 1.82) is 0 Å². The van der Waals surface area contributed by atoms with E-state index in [1.165, 1.54) is 19.2 Å². The van der Waals surface area contributed by atoms with Gasteiger partial charge in [-0.15, -0.1) is 0 Å². The molecule has 0 heterocycles. The molecule has 0 aromatic heterocycles. The van der Waals surface area contributed by atoms with Gasteiger partial charge in [0.15, 0.2) is 5.75 Å². The Labute approximate surface area is 113 Å². The van der Waals surface area contributed by atoms with Gasteiger partial charge in [-0.05, 0) is 36.4 Å². The lowest BCUT2D eigenvalue weighted by Crippen LogP contribution is -2.04. The van der Waals surface area contributed by atoms with Crippen molar-refractivity contribution in [3.63, 3.8) is 0 Å². The summed E-state index contributed by atoms with van der Waals surface area (Å²) in [5, 5.41) is 0. The minimum Gasteiger partial charge on any atom is -0.494 e. The van der Waals surface area contributed by atoms with E-state index in [0.29, 0.717) is 11.5 Å². The van der Waals surface area contributed by atoms with E-state index in [0.717, 1.165) is 12.1 Å². The van der Waals surface area contributed by atoms with Crippen molar-refractivity contribution in [2.75, 3.05) is 12.8 Å². The van der Waals surface area contributed by atoms with Gasteiger partial charge < -0.3 is 15.2 Å². The number of ether oxygens (including phenoxy) is 2. The summed E-state index contributed by atoms with van der Waals surface area (Å²) in [7, 11) is 1.47. The zero-order chi connectivity index (χ0) is 14.8. The van der Waals surface area contributed by atoms with Crippen LogP contribution >= 0.6 is 0 Å². The average molecular weight is 283 g/mol. The van der Waals surface area contributed by atoms with Crippen LogP contribution in [0.1, 0.15) is 5.56 Å². The number of nitrogen functional groups attached to an aromatic ring is 1. The average Bonchev–Trinajstić information content (AvgIpc) is 2.41. The highest BCUT2D eigenvalue weighted by Crippen LogP contribution is 2.35. The Bertz CT molecular complexity index is 594. The van der Waals surface area contributed by atoms with E-state index in [2.05, 4.69) is 0 Å². The zero-order valence-corrected chi connectivity index (χ0v) is 10.6. The first-order chi connectivity index (χ1) is 9.41. The van der Waals surface area contributed by atoms with Gasteiger partial charge >= 0.3 is 6.18 Å². The van der Waals surface area contributed by atoms with Crippen LogP contribution in [-0.2, 0) is 6.18 Å². The van der Waals surface area contributed by atoms with Crippen LogP contribution in [0.5, 0.6) is 17.2 Å². The van der Waals surface area contributed by atoms with Crippen molar-refractivity contribution in [3.8, 4) is 17.2 Å². The minimum absolute atomic E-state index is 0.262. The third kappa shape index (κ3) is 2.96. The van der Waals surface area contributed by atoms with E-state index >= 15 is 0 Å². The number of hydrogen-bond acceptors (Lipinski definition) is 3. The predicted octanol–water partition coefficient (Wildman–Crippen LogP) is 4.09. The van der Waals surface area contributed by atoms with Gasteiger partial charge in [0, 0.05) is 0 Å². The molecule has 6 heteroatoms. The monoisotopic (exact) mass is 283 g/mol. The van der Waals surface area contributed by atoms with Crippen LogP contribution in [0.4, 0.5) is 18.9 Å². The van der Waals surface area contributed by atoms with Crippen molar-refractivity contribution in [1.82, 2.24) is 0 Å². The Balaban J connectivity index is 2.23. The number of halogens is 3. The largest absolute Gasteiger partial charge is 0.494 e. The second-order valence-electron chi connectivity index (χ2n) is 4.00. The lowest BCUT2D eigenvalue weighted by Gasteiger charge is -2.12. The smallest absolute Gasteiger partial charge is 0.416 e. The topological polar surface area (TPSA) is 44.5 Å². The third-order valence-corrected chi connectivity index (χ3v) is 2.66. The molecule has 0 aliphatic rings. The van der Waals surface area contributed by atoms with Crippen molar-refractivity contribution in [3.05, 3.63) is 48.0 Å². The molecule has 0 saturated heterocycles. The number of alkyl halides is 3. The summed E-state index contributed by atoms with van der Waals surface area (Å²) in [5.41, 5.74) is 5.36. The maximum Gasteiger partial charge on any atom is 0.416 e. The number of benzene rings is 2. The van der Waals surface area contributed by atoms with Crippen LogP contribution in [0.25, 0.3) is 0 Å². The van der Waals surface area contributed by atoms with Crippen LogP contribution in [0.2, 0.25) is 0 Å². The predicted molar refractivity (Wildman–Crippen MR) is 68.9 cm³/mol. The number of anilines is 1. The molecule has 0 fully saturated rings. The highest BCUT2D eigenvalue weighted by molar-refractivity contribution is 5.63. The first-order valence-corrected chi connectivity index (χ1v) is 5.69. The van der Waals surface area contributed by atoms with Crippen LogP contribution in [0.3, 0.4) is 0 Å². The second kappa shape index (κ2) is 5.32. The highest BCUT2D eigenvalue weighted by Gasteiger charge is 2.30. The fourth-order valence-corrected chi connectivity index (χ4v) is 1.63. The fraction of sp³-hybridized carbons (Fsp3) is 0.143. The molecule has 0 aliphatic heterocycles. The van der Waals surface area contributed by atoms with Gasteiger partial charge in [-0.3, -0.25) is 0 Å². The number of methoxy groups -OCH3 is 1. The molecule has 3 nitrogen and oxygen atoms in total. The summed E-state index contributed by atoms with van der Waals surface area (Å²) in [6.07, 6.45) is -4.37. The van der Waals surface area contributed by atoms with Gasteiger partial charge in [0.05, 0.1) is 12.7 Å². The summed E-state index contributed by atoms with van der Waals surface area (Å²) < 4.78 is 47.8. The van der Waals surface area contributed by atoms with E-state index in [1.54, 1.807) is 18.2 Å². The van der Waals surface area contributed by atoms with Crippen LogP contribution in [0, 0.1) is 0 Å². The van der Waals surface area contributed by atoms with E-state index in [9.17, 15) is 13.2 Å². The molecule has 0 saturated carbocycles. The molecule has 0 amide bonds. The Morgan fingerprint density at radius 1 is 0.950 bits per heavy atom. The maximum atomic E-state index is 12.4. The molecule has 0 unspecified atom stereocenters. The number of nitrogens with two attached hydrogens (primary N) is 1. The Morgan fingerprint density at radius 3 is 2.10 bits per heavy atom. The molecule has 2 aromatic rings.